The zero-order valence-corrected chi connectivity index (χ0v) is 6.26. The van der Waals surface area contributed by atoms with Crippen LogP contribution in [0.1, 0.15) is 0 Å². The van der Waals surface area contributed by atoms with Crippen LogP contribution in [0.3, 0.4) is 0 Å². The molecular weight excluding hydrogens is 108 g/mol. The van der Waals surface area contributed by atoms with Crippen molar-refractivity contribution in [3.05, 3.63) is 0 Å². The first-order valence-corrected chi connectivity index (χ1v) is 4.77. The van der Waals surface area contributed by atoms with Gasteiger partial charge in [-0.15, -0.1) is 0 Å². The molecule has 7 heavy (non-hydrogen) atoms. The van der Waals surface area contributed by atoms with Gasteiger partial charge in [-0.05, 0) is 6.55 Å². The van der Waals surface area contributed by atoms with E-state index in [1.165, 1.54) is 0 Å². The first-order chi connectivity index (χ1) is 3.31. The topological polar surface area (TPSA) is 18.5 Å². The summed E-state index contributed by atoms with van der Waals surface area (Å²) in [6.45, 7) is 2.10. The van der Waals surface area contributed by atoms with E-state index in [1.54, 1.807) is 14.2 Å². The Labute approximate surface area is 46.2 Å². The van der Waals surface area contributed by atoms with Crippen LogP contribution in [-0.2, 0) is 9.16 Å². The smallest absolute Gasteiger partial charge is 0.198 e. The summed E-state index contributed by atoms with van der Waals surface area (Å²) < 4.78 is 9.84. The number of hydrogen-bond donors (Lipinski definition) is 0. The molecule has 0 aromatic carbocycles. The van der Waals surface area contributed by atoms with E-state index in [9.17, 15) is 0 Å². The number of ether oxygens (including phenoxy) is 1. The fourth-order valence-corrected chi connectivity index (χ4v) is 0.908. The fraction of sp³-hybridized carbons (Fsp3) is 1.00. The van der Waals surface area contributed by atoms with Gasteiger partial charge in [0.05, 0.1) is 6.23 Å². The van der Waals surface area contributed by atoms with Crippen molar-refractivity contribution in [3.63, 3.8) is 0 Å². The van der Waals surface area contributed by atoms with Gasteiger partial charge in [-0.2, -0.15) is 0 Å². The first kappa shape index (κ1) is 7.14. The molecule has 0 spiro atoms. The molecule has 1 unspecified atom stereocenters. The zero-order chi connectivity index (χ0) is 5.70. The Morgan fingerprint density at radius 1 is 1.43 bits per heavy atom. The van der Waals surface area contributed by atoms with Gasteiger partial charge in [-0.25, -0.2) is 0 Å². The van der Waals surface area contributed by atoms with Crippen molar-refractivity contribution in [3.8, 4) is 0 Å². The molecule has 0 aliphatic carbocycles. The molecule has 0 bridgehead atoms. The van der Waals surface area contributed by atoms with E-state index in [0.717, 1.165) is 6.23 Å². The van der Waals surface area contributed by atoms with Crippen molar-refractivity contribution in [1.29, 1.82) is 0 Å². The summed E-state index contributed by atoms with van der Waals surface area (Å²) in [6, 6.07) is 0. The van der Waals surface area contributed by atoms with E-state index in [4.69, 9.17) is 9.16 Å². The Bertz CT molecular complexity index is 40.7. The quantitative estimate of drug-likeness (QED) is 0.494. The van der Waals surface area contributed by atoms with E-state index in [2.05, 4.69) is 6.55 Å². The third-order valence-corrected chi connectivity index (χ3v) is 2.41. The molecule has 0 heterocycles. The predicted octanol–water partition coefficient (Wildman–Crippen LogP) is 0.172. The largest absolute Gasteiger partial charge is 0.421 e. The molecule has 2 nitrogen and oxygen atoms in total. The van der Waals surface area contributed by atoms with E-state index in [0.29, 0.717) is 0 Å². The van der Waals surface area contributed by atoms with Crippen LogP contribution in [0.15, 0.2) is 0 Å². The van der Waals surface area contributed by atoms with Crippen molar-refractivity contribution in [2.45, 2.75) is 6.55 Å². The second-order valence-corrected chi connectivity index (χ2v) is 3.93. The van der Waals surface area contributed by atoms with Crippen LogP contribution in [0.5, 0.6) is 0 Å². The summed E-state index contributed by atoms with van der Waals surface area (Å²) in [6.07, 6.45) is 0.816. The molecule has 0 saturated carbocycles. The maximum atomic E-state index is 5.00. The Hall–Kier alpha value is 0.137. The minimum atomic E-state index is -0.904. The second kappa shape index (κ2) is 4.30. The van der Waals surface area contributed by atoms with Crippen molar-refractivity contribution in [2.24, 2.45) is 0 Å². The van der Waals surface area contributed by atoms with Crippen molar-refractivity contribution >= 4 is 9.04 Å². The second-order valence-electron chi connectivity index (χ2n) is 1.50. The molecule has 0 radical (unpaired) electrons. The van der Waals surface area contributed by atoms with Gasteiger partial charge in [0.15, 0.2) is 9.04 Å². The highest BCUT2D eigenvalue weighted by molar-refractivity contribution is 6.49. The van der Waals surface area contributed by atoms with Gasteiger partial charge in [-0.3, -0.25) is 0 Å². The van der Waals surface area contributed by atoms with E-state index in [-0.39, 0.29) is 0 Å². The van der Waals surface area contributed by atoms with Gasteiger partial charge in [0.2, 0.25) is 0 Å². The molecule has 0 fully saturated rings. The van der Waals surface area contributed by atoms with Gasteiger partial charge < -0.3 is 9.16 Å². The zero-order valence-electron chi connectivity index (χ0n) is 5.10. The molecule has 0 aliphatic heterocycles. The Morgan fingerprint density at radius 3 is 2.14 bits per heavy atom. The predicted molar refractivity (Wildman–Crippen MR) is 31.9 cm³/mol. The number of hydrogen-bond acceptors (Lipinski definition) is 2. The molecule has 0 rings (SSSR count). The van der Waals surface area contributed by atoms with Gasteiger partial charge in [0, 0.05) is 14.2 Å². The minimum Gasteiger partial charge on any atom is -0.421 e. The van der Waals surface area contributed by atoms with Crippen LogP contribution in [0, 0.1) is 0 Å². The molecular formula is C4H12O2Si. The molecule has 0 saturated heterocycles. The standard InChI is InChI=1S/C4H12O2Si/c1-5-4-7(3)6-2/h7H,4H2,1-3H3. The highest BCUT2D eigenvalue weighted by atomic mass is 28.3. The Kier molecular flexibility index (Phi) is 4.38. The van der Waals surface area contributed by atoms with E-state index >= 15 is 0 Å². The lowest BCUT2D eigenvalue weighted by atomic mass is 11.5. The molecule has 0 aromatic rings. The lowest BCUT2D eigenvalue weighted by Crippen LogP contribution is -2.17. The van der Waals surface area contributed by atoms with Gasteiger partial charge in [-0.1, -0.05) is 0 Å². The SMILES string of the molecule is COC[SiH](C)OC. The molecule has 0 amide bonds. The average molecular weight is 120 g/mol. The third kappa shape index (κ3) is 3.98. The summed E-state index contributed by atoms with van der Waals surface area (Å²) in [5.41, 5.74) is 0. The summed E-state index contributed by atoms with van der Waals surface area (Å²) in [7, 11) is 2.53. The fourth-order valence-electron chi connectivity index (χ4n) is 0.303. The number of methoxy groups -OCH3 is 1. The Morgan fingerprint density at radius 2 is 2.00 bits per heavy atom. The molecule has 0 aliphatic rings. The summed E-state index contributed by atoms with van der Waals surface area (Å²) in [4.78, 5) is 0. The van der Waals surface area contributed by atoms with Gasteiger partial charge >= 0.3 is 0 Å². The van der Waals surface area contributed by atoms with E-state index < -0.39 is 9.04 Å². The normalized spacial score (nSPS) is 14.1. The lowest BCUT2D eigenvalue weighted by molar-refractivity contribution is 0.231. The maximum Gasteiger partial charge on any atom is 0.198 e. The van der Waals surface area contributed by atoms with Crippen LogP contribution in [0.4, 0.5) is 0 Å². The highest BCUT2D eigenvalue weighted by Crippen LogP contribution is 1.79. The molecule has 0 N–H and O–H groups in total. The highest BCUT2D eigenvalue weighted by Gasteiger charge is 1.97. The van der Waals surface area contributed by atoms with Gasteiger partial charge in [0.1, 0.15) is 0 Å². The summed E-state index contributed by atoms with van der Waals surface area (Å²) in [5.74, 6) is 0. The van der Waals surface area contributed by atoms with Crippen LogP contribution in [-0.4, -0.2) is 29.5 Å². The van der Waals surface area contributed by atoms with Crippen molar-refractivity contribution in [1.82, 2.24) is 0 Å². The van der Waals surface area contributed by atoms with Crippen LogP contribution in [0.2, 0.25) is 6.55 Å². The lowest BCUT2D eigenvalue weighted by Gasteiger charge is -2.02. The average Bonchev–Trinajstić information content (AvgIpc) is 1.68. The molecule has 0 aromatic heterocycles. The van der Waals surface area contributed by atoms with Gasteiger partial charge in [0.25, 0.3) is 0 Å². The van der Waals surface area contributed by atoms with E-state index in [1.807, 2.05) is 0 Å². The Balaban J connectivity index is 2.83. The molecule has 1 atom stereocenters. The van der Waals surface area contributed by atoms with Crippen LogP contribution < -0.4 is 0 Å². The maximum absolute atomic E-state index is 5.00. The first-order valence-electron chi connectivity index (χ1n) is 2.33. The minimum absolute atomic E-state index is 0.816. The summed E-state index contributed by atoms with van der Waals surface area (Å²) >= 11 is 0. The summed E-state index contributed by atoms with van der Waals surface area (Å²) in [5, 5.41) is 0. The molecule has 3 heteroatoms. The van der Waals surface area contributed by atoms with Crippen molar-refractivity contribution in [2.75, 3.05) is 20.4 Å². The monoisotopic (exact) mass is 120 g/mol. The molecule has 44 valence electrons. The van der Waals surface area contributed by atoms with Crippen LogP contribution >= 0.6 is 0 Å². The van der Waals surface area contributed by atoms with Crippen LogP contribution in [0.25, 0.3) is 0 Å². The van der Waals surface area contributed by atoms with Crippen molar-refractivity contribution < 1.29 is 9.16 Å². The number of rotatable bonds is 3. The third-order valence-electron chi connectivity index (χ3n) is 0.804.